The molecular formula is C19H24N2O2. The molecule has 0 aliphatic rings. The average molecular weight is 312 g/mol. The average Bonchev–Trinajstić information content (AvgIpc) is 2.59. The summed E-state index contributed by atoms with van der Waals surface area (Å²) in [6.45, 7) is 4.26. The molecular weight excluding hydrogens is 288 g/mol. The Morgan fingerprint density at radius 2 is 2.04 bits per heavy atom. The fraction of sp³-hybridized carbons (Fsp3) is 0.368. The first-order valence-electron chi connectivity index (χ1n) is 8.18. The van der Waals surface area contributed by atoms with E-state index in [-0.39, 0.29) is 5.91 Å². The standard InChI is InChI=1S/C19H24N2O2/c1-2-3-14-23-15-6-13-20-18(22)11-10-17-8-4-7-16-9-5-12-21-19(16)17/h4-5,7-12H,2-3,6,13-15H2,1H3,(H,20,22)/b11-10+. The molecule has 0 spiro atoms. The molecule has 1 amide bonds. The van der Waals surface area contributed by atoms with Gasteiger partial charge in [0.05, 0.1) is 5.52 Å². The van der Waals surface area contributed by atoms with Crippen molar-refractivity contribution in [2.24, 2.45) is 0 Å². The van der Waals surface area contributed by atoms with Crippen LogP contribution in [0.1, 0.15) is 31.7 Å². The van der Waals surface area contributed by atoms with Gasteiger partial charge in [-0.25, -0.2) is 0 Å². The highest BCUT2D eigenvalue weighted by Gasteiger charge is 1.99. The lowest BCUT2D eigenvalue weighted by Gasteiger charge is -2.04. The topological polar surface area (TPSA) is 51.2 Å². The molecule has 1 N–H and O–H groups in total. The Morgan fingerprint density at radius 1 is 1.22 bits per heavy atom. The van der Waals surface area contributed by atoms with Crippen LogP contribution in [0.15, 0.2) is 42.6 Å². The number of aromatic nitrogens is 1. The van der Waals surface area contributed by atoms with Crippen molar-refractivity contribution >= 4 is 22.9 Å². The number of rotatable bonds is 9. The van der Waals surface area contributed by atoms with Crippen LogP contribution >= 0.6 is 0 Å². The minimum atomic E-state index is -0.0912. The second-order valence-electron chi connectivity index (χ2n) is 5.37. The number of ether oxygens (including phenoxy) is 1. The molecule has 4 heteroatoms. The summed E-state index contributed by atoms with van der Waals surface area (Å²) in [6, 6.07) is 9.86. The van der Waals surface area contributed by atoms with E-state index in [2.05, 4.69) is 17.2 Å². The number of pyridine rings is 1. The number of hydrogen-bond acceptors (Lipinski definition) is 3. The molecule has 4 nitrogen and oxygen atoms in total. The van der Waals surface area contributed by atoms with Crippen molar-refractivity contribution in [1.82, 2.24) is 10.3 Å². The Hall–Kier alpha value is -2.20. The summed E-state index contributed by atoms with van der Waals surface area (Å²) in [6.07, 6.45) is 8.19. The summed E-state index contributed by atoms with van der Waals surface area (Å²) in [5, 5.41) is 3.93. The molecule has 0 saturated carbocycles. The first-order valence-corrected chi connectivity index (χ1v) is 8.18. The third-order valence-electron chi connectivity index (χ3n) is 3.49. The summed E-state index contributed by atoms with van der Waals surface area (Å²) in [7, 11) is 0. The first kappa shape index (κ1) is 17.2. The predicted molar refractivity (Wildman–Crippen MR) is 94.1 cm³/mol. The lowest BCUT2D eigenvalue weighted by Crippen LogP contribution is -2.23. The Kier molecular flexibility index (Phi) is 7.27. The van der Waals surface area contributed by atoms with E-state index in [9.17, 15) is 4.79 Å². The van der Waals surface area contributed by atoms with E-state index in [1.807, 2.05) is 36.4 Å². The summed E-state index contributed by atoms with van der Waals surface area (Å²) in [5.74, 6) is -0.0912. The molecule has 0 fully saturated rings. The lowest BCUT2D eigenvalue weighted by molar-refractivity contribution is -0.116. The van der Waals surface area contributed by atoms with Gasteiger partial charge in [0.1, 0.15) is 0 Å². The normalized spacial score (nSPS) is 11.2. The largest absolute Gasteiger partial charge is 0.381 e. The van der Waals surface area contributed by atoms with Crippen LogP contribution in [0.25, 0.3) is 17.0 Å². The Labute approximate surface area is 137 Å². The third-order valence-corrected chi connectivity index (χ3v) is 3.49. The Balaban J connectivity index is 1.77. The van der Waals surface area contributed by atoms with Crippen LogP contribution in [0, 0.1) is 0 Å². The van der Waals surface area contributed by atoms with Gasteiger partial charge in [-0.3, -0.25) is 9.78 Å². The second-order valence-corrected chi connectivity index (χ2v) is 5.37. The number of nitrogens with zero attached hydrogens (tertiary/aromatic N) is 1. The van der Waals surface area contributed by atoms with Crippen LogP contribution in [0.3, 0.4) is 0 Å². The maximum Gasteiger partial charge on any atom is 0.244 e. The minimum Gasteiger partial charge on any atom is -0.381 e. The Bertz CT molecular complexity index is 647. The maximum absolute atomic E-state index is 11.8. The molecule has 1 aromatic carbocycles. The van der Waals surface area contributed by atoms with E-state index >= 15 is 0 Å². The number of amides is 1. The number of para-hydroxylation sites is 1. The predicted octanol–water partition coefficient (Wildman–Crippen LogP) is 3.57. The van der Waals surface area contributed by atoms with Gasteiger partial charge >= 0.3 is 0 Å². The minimum absolute atomic E-state index is 0.0912. The van der Waals surface area contributed by atoms with Crippen LogP contribution in [0.5, 0.6) is 0 Å². The number of hydrogen-bond donors (Lipinski definition) is 1. The fourth-order valence-electron chi connectivity index (χ4n) is 2.22. The van der Waals surface area contributed by atoms with Gasteiger partial charge in [-0.1, -0.05) is 37.6 Å². The van der Waals surface area contributed by atoms with Crippen molar-refractivity contribution in [3.63, 3.8) is 0 Å². The van der Waals surface area contributed by atoms with E-state index in [1.54, 1.807) is 12.3 Å². The number of carbonyl (C=O) groups is 1. The number of fused-ring (bicyclic) bond motifs is 1. The van der Waals surface area contributed by atoms with Crippen molar-refractivity contribution in [1.29, 1.82) is 0 Å². The molecule has 0 atom stereocenters. The van der Waals surface area contributed by atoms with E-state index in [4.69, 9.17) is 4.74 Å². The van der Waals surface area contributed by atoms with Crippen molar-refractivity contribution in [3.05, 3.63) is 48.2 Å². The molecule has 0 aliphatic heterocycles. The smallest absolute Gasteiger partial charge is 0.244 e. The summed E-state index contributed by atoms with van der Waals surface area (Å²) < 4.78 is 5.46. The quantitative estimate of drug-likeness (QED) is 0.569. The highest BCUT2D eigenvalue weighted by molar-refractivity contribution is 5.95. The third kappa shape index (κ3) is 5.83. The molecule has 0 saturated heterocycles. The molecule has 0 bridgehead atoms. The number of carbonyl (C=O) groups excluding carboxylic acids is 1. The molecule has 0 radical (unpaired) electrons. The van der Waals surface area contributed by atoms with Crippen LogP contribution in [-0.2, 0) is 9.53 Å². The van der Waals surface area contributed by atoms with Crippen LogP contribution < -0.4 is 5.32 Å². The lowest BCUT2D eigenvalue weighted by atomic mass is 10.1. The summed E-state index contributed by atoms with van der Waals surface area (Å²) in [5.41, 5.74) is 1.85. The van der Waals surface area contributed by atoms with Gasteiger partial charge in [0.2, 0.25) is 5.91 Å². The molecule has 23 heavy (non-hydrogen) atoms. The molecule has 0 aliphatic carbocycles. The number of unbranched alkanes of at least 4 members (excludes halogenated alkanes) is 1. The summed E-state index contributed by atoms with van der Waals surface area (Å²) >= 11 is 0. The zero-order valence-corrected chi connectivity index (χ0v) is 13.6. The van der Waals surface area contributed by atoms with Crippen molar-refractivity contribution < 1.29 is 9.53 Å². The molecule has 0 unspecified atom stereocenters. The molecule has 1 aromatic heterocycles. The Morgan fingerprint density at radius 3 is 2.91 bits per heavy atom. The van der Waals surface area contributed by atoms with Crippen LogP contribution in [0.2, 0.25) is 0 Å². The SMILES string of the molecule is CCCCOCCCNC(=O)/C=C/c1cccc2cccnc12. The van der Waals surface area contributed by atoms with Gasteiger partial charge in [-0.2, -0.15) is 0 Å². The van der Waals surface area contributed by atoms with E-state index in [0.29, 0.717) is 13.2 Å². The molecule has 2 rings (SSSR count). The molecule has 122 valence electrons. The van der Waals surface area contributed by atoms with E-state index in [0.717, 1.165) is 42.3 Å². The number of benzene rings is 1. The zero-order valence-electron chi connectivity index (χ0n) is 13.6. The van der Waals surface area contributed by atoms with Gasteiger partial charge in [-0.15, -0.1) is 0 Å². The highest BCUT2D eigenvalue weighted by atomic mass is 16.5. The van der Waals surface area contributed by atoms with Crippen molar-refractivity contribution in [3.8, 4) is 0 Å². The number of nitrogens with one attached hydrogen (secondary N) is 1. The van der Waals surface area contributed by atoms with E-state index in [1.165, 1.54) is 0 Å². The first-order chi connectivity index (χ1) is 11.3. The van der Waals surface area contributed by atoms with Crippen molar-refractivity contribution in [2.75, 3.05) is 19.8 Å². The zero-order chi connectivity index (χ0) is 16.3. The second kappa shape index (κ2) is 9.74. The van der Waals surface area contributed by atoms with Crippen molar-refractivity contribution in [2.45, 2.75) is 26.2 Å². The van der Waals surface area contributed by atoms with E-state index < -0.39 is 0 Å². The van der Waals surface area contributed by atoms with Crippen LogP contribution in [0.4, 0.5) is 0 Å². The monoisotopic (exact) mass is 312 g/mol. The van der Waals surface area contributed by atoms with Gasteiger partial charge < -0.3 is 10.1 Å². The molecule has 2 aromatic rings. The van der Waals surface area contributed by atoms with Gasteiger partial charge in [0, 0.05) is 43.0 Å². The van der Waals surface area contributed by atoms with Gasteiger partial charge in [0.15, 0.2) is 0 Å². The maximum atomic E-state index is 11.8. The van der Waals surface area contributed by atoms with Crippen LogP contribution in [-0.4, -0.2) is 30.6 Å². The van der Waals surface area contributed by atoms with Gasteiger partial charge in [0.25, 0.3) is 0 Å². The van der Waals surface area contributed by atoms with Gasteiger partial charge in [-0.05, 0) is 25.0 Å². The summed E-state index contributed by atoms with van der Waals surface area (Å²) in [4.78, 5) is 16.2. The molecule has 1 heterocycles. The highest BCUT2D eigenvalue weighted by Crippen LogP contribution is 2.16. The fourth-order valence-corrected chi connectivity index (χ4v) is 2.22.